The Morgan fingerprint density at radius 2 is 1.90 bits per heavy atom. The van der Waals surface area contributed by atoms with E-state index in [2.05, 4.69) is 29.6 Å². The van der Waals surface area contributed by atoms with Crippen LogP contribution in [0.5, 0.6) is 5.75 Å². The number of hydrogen-bond acceptors (Lipinski definition) is 3. The van der Waals surface area contributed by atoms with Crippen LogP contribution in [0.3, 0.4) is 0 Å². The third-order valence-corrected chi connectivity index (χ3v) is 3.78. The Balaban J connectivity index is 1.86. The molecule has 0 bridgehead atoms. The van der Waals surface area contributed by atoms with Gasteiger partial charge in [-0.3, -0.25) is 0 Å². The number of ether oxygens (including phenoxy) is 1. The fraction of sp³-hybridized carbons (Fsp3) is 0.235. The van der Waals surface area contributed by atoms with Crippen molar-refractivity contribution >= 4 is 0 Å². The highest BCUT2D eigenvalue weighted by Crippen LogP contribution is 2.35. The first-order valence-corrected chi connectivity index (χ1v) is 6.73. The third-order valence-electron chi connectivity index (χ3n) is 3.78. The van der Waals surface area contributed by atoms with Crippen LogP contribution in [0.4, 0.5) is 0 Å². The number of rotatable bonds is 3. The number of nitrogens with one attached hydrogen (secondary N) is 1. The molecule has 3 heteroatoms. The Kier molecular flexibility index (Phi) is 3.41. The topological polar surface area (TPSA) is 45.0 Å². The van der Waals surface area contributed by atoms with Gasteiger partial charge in [-0.2, -0.15) is 5.26 Å². The summed E-state index contributed by atoms with van der Waals surface area (Å²) in [5, 5.41) is 12.1. The first kappa shape index (κ1) is 12.7. The van der Waals surface area contributed by atoms with Crippen LogP contribution >= 0.6 is 0 Å². The average Bonchev–Trinajstić information content (AvgIpc) is 2.86. The van der Waals surface area contributed by atoms with E-state index in [1.165, 1.54) is 11.1 Å². The quantitative estimate of drug-likeness (QED) is 0.927. The van der Waals surface area contributed by atoms with Crippen LogP contribution in [0.15, 0.2) is 48.5 Å². The van der Waals surface area contributed by atoms with Gasteiger partial charge in [0.2, 0.25) is 0 Å². The van der Waals surface area contributed by atoms with E-state index in [1.807, 2.05) is 25.2 Å². The minimum atomic E-state index is 0.0177. The van der Waals surface area contributed by atoms with Crippen LogP contribution in [0.25, 0.3) is 0 Å². The smallest absolute Gasteiger partial charge is 0.140 e. The summed E-state index contributed by atoms with van der Waals surface area (Å²) in [5.74, 6) is 0.797. The molecule has 1 N–H and O–H groups in total. The van der Waals surface area contributed by atoms with Crippen molar-refractivity contribution in [2.45, 2.75) is 18.6 Å². The second-order valence-electron chi connectivity index (χ2n) is 4.97. The molecule has 2 aromatic rings. The van der Waals surface area contributed by atoms with Crippen molar-refractivity contribution in [3.63, 3.8) is 0 Å². The van der Waals surface area contributed by atoms with Crippen molar-refractivity contribution in [2.24, 2.45) is 0 Å². The van der Waals surface area contributed by atoms with Crippen molar-refractivity contribution in [2.75, 3.05) is 7.05 Å². The molecule has 0 heterocycles. The van der Waals surface area contributed by atoms with Gasteiger partial charge in [-0.25, -0.2) is 0 Å². The van der Waals surface area contributed by atoms with Gasteiger partial charge in [-0.1, -0.05) is 24.3 Å². The molecule has 0 saturated carbocycles. The van der Waals surface area contributed by atoms with Gasteiger partial charge < -0.3 is 10.1 Å². The molecule has 0 fully saturated rings. The zero-order valence-electron chi connectivity index (χ0n) is 11.3. The molecule has 3 nitrogen and oxygen atoms in total. The predicted molar refractivity (Wildman–Crippen MR) is 77.5 cm³/mol. The maximum absolute atomic E-state index is 8.82. The van der Waals surface area contributed by atoms with Gasteiger partial charge >= 0.3 is 0 Å². The van der Waals surface area contributed by atoms with E-state index in [9.17, 15) is 0 Å². The Morgan fingerprint density at radius 1 is 1.15 bits per heavy atom. The number of likely N-dealkylation sites (N-methyl/N-ethyl adjacent to an activating group) is 1. The average molecular weight is 264 g/mol. The molecular weight excluding hydrogens is 248 g/mol. The maximum Gasteiger partial charge on any atom is 0.140 e. The molecule has 0 radical (unpaired) electrons. The molecule has 20 heavy (non-hydrogen) atoms. The number of nitriles is 1. The number of nitrogens with zero attached hydrogens (tertiary/aromatic N) is 1. The largest absolute Gasteiger partial charge is 0.484 e. The second kappa shape index (κ2) is 5.36. The van der Waals surface area contributed by atoms with Gasteiger partial charge in [-0.05, 0) is 48.9 Å². The summed E-state index contributed by atoms with van der Waals surface area (Å²) < 4.78 is 6.13. The number of hydrogen-bond donors (Lipinski definition) is 1. The highest BCUT2D eigenvalue weighted by Gasteiger charge is 2.32. The summed E-state index contributed by atoms with van der Waals surface area (Å²) in [6.07, 6.45) is 0.997. The zero-order chi connectivity index (χ0) is 13.9. The van der Waals surface area contributed by atoms with E-state index in [-0.39, 0.29) is 12.1 Å². The van der Waals surface area contributed by atoms with Crippen LogP contribution in [0, 0.1) is 11.3 Å². The summed E-state index contributed by atoms with van der Waals surface area (Å²) >= 11 is 0. The lowest BCUT2D eigenvalue weighted by atomic mass is 10.1. The van der Waals surface area contributed by atoms with Crippen molar-refractivity contribution < 1.29 is 4.74 Å². The molecule has 0 amide bonds. The summed E-state index contributed by atoms with van der Waals surface area (Å²) in [4.78, 5) is 0. The summed E-state index contributed by atoms with van der Waals surface area (Å²) in [6, 6.07) is 18.1. The highest BCUT2D eigenvalue weighted by atomic mass is 16.5. The van der Waals surface area contributed by atoms with Gasteiger partial charge in [0.15, 0.2) is 0 Å². The molecule has 100 valence electrons. The Hall–Kier alpha value is -2.31. The first-order chi connectivity index (χ1) is 9.81. The molecular formula is C17H16N2O. The summed E-state index contributed by atoms with van der Waals surface area (Å²) in [7, 11) is 1.96. The van der Waals surface area contributed by atoms with Gasteiger partial charge in [0.1, 0.15) is 11.9 Å². The molecule has 0 aliphatic heterocycles. The van der Waals surface area contributed by atoms with E-state index < -0.39 is 0 Å². The van der Waals surface area contributed by atoms with E-state index >= 15 is 0 Å². The van der Waals surface area contributed by atoms with Gasteiger partial charge in [0, 0.05) is 0 Å². The van der Waals surface area contributed by atoms with Crippen LogP contribution in [-0.2, 0) is 6.42 Å². The van der Waals surface area contributed by atoms with E-state index in [1.54, 1.807) is 12.1 Å². The molecule has 0 aromatic heterocycles. The molecule has 2 atom stereocenters. The molecule has 2 aromatic carbocycles. The lowest BCUT2D eigenvalue weighted by Gasteiger charge is -2.21. The van der Waals surface area contributed by atoms with Crippen LogP contribution in [-0.4, -0.2) is 13.1 Å². The molecule has 1 aliphatic rings. The number of benzene rings is 2. The van der Waals surface area contributed by atoms with E-state index in [4.69, 9.17) is 10.00 Å². The lowest BCUT2D eigenvalue weighted by Crippen LogP contribution is -2.32. The lowest BCUT2D eigenvalue weighted by molar-refractivity contribution is 0.172. The van der Waals surface area contributed by atoms with E-state index in [0.29, 0.717) is 5.56 Å². The maximum atomic E-state index is 8.82. The van der Waals surface area contributed by atoms with Gasteiger partial charge in [-0.15, -0.1) is 0 Å². The van der Waals surface area contributed by atoms with Crippen molar-refractivity contribution in [1.29, 1.82) is 5.26 Å². The minimum Gasteiger partial charge on any atom is -0.484 e. The highest BCUT2D eigenvalue weighted by molar-refractivity contribution is 5.39. The van der Waals surface area contributed by atoms with Crippen LogP contribution in [0.1, 0.15) is 22.8 Å². The van der Waals surface area contributed by atoms with Gasteiger partial charge in [0.25, 0.3) is 0 Å². The zero-order valence-corrected chi connectivity index (χ0v) is 11.3. The summed E-state index contributed by atoms with van der Waals surface area (Å²) in [5.41, 5.74) is 3.23. The molecule has 0 saturated heterocycles. The molecule has 3 rings (SSSR count). The van der Waals surface area contributed by atoms with E-state index in [0.717, 1.165) is 12.2 Å². The Labute approximate surface area is 118 Å². The van der Waals surface area contributed by atoms with Crippen LogP contribution in [0.2, 0.25) is 0 Å². The van der Waals surface area contributed by atoms with Crippen molar-refractivity contribution in [1.82, 2.24) is 5.32 Å². The fourth-order valence-electron chi connectivity index (χ4n) is 2.71. The van der Waals surface area contributed by atoms with Crippen molar-refractivity contribution in [3.8, 4) is 11.8 Å². The Bertz CT molecular complexity index is 643. The third kappa shape index (κ3) is 2.26. The fourth-order valence-corrected chi connectivity index (χ4v) is 2.71. The Morgan fingerprint density at radius 3 is 2.60 bits per heavy atom. The van der Waals surface area contributed by atoms with Crippen LogP contribution < -0.4 is 10.1 Å². The SMILES string of the molecule is CNC1Cc2ccccc2C1Oc1ccc(C#N)cc1. The molecule has 2 unspecified atom stereocenters. The summed E-state index contributed by atoms with van der Waals surface area (Å²) in [6.45, 7) is 0. The normalized spacial score (nSPS) is 20.2. The minimum absolute atomic E-state index is 0.0177. The molecule has 1 aliphatic carbocycles. The monoisotopic (exact) mass is 264 g/mol. The first-order valence-electron chi connectivity index (χ1n) is 6.73. The number of fused-ring (bicyclic) bond motifs is 1. The second-order valence-corrected chi connectivity index (χ2v) is 4.97. The standard InChI is InChI=1S/C17H16N2O/c1-19-16-10-13-4-2-3-5-15(13)17(16)20-14-8-6-12(11-18)7-9-14/h2-9,16-17,19H,10H2,1H3. The predicted octanol–water partition coefficient (Wildman–Crippen LogP) is 2.82. The molecule has 0 spiro atoms. The van der Waals surface area contributed by atoms with Gasteiger partial charge in [0.05, 0.1) is 17.7 Å². The van der Waals surface area contributed by atoms with Crippen molar-refractivity contribution in [3.05, 3.63) is 65.2 Å².